The molecule has 0 saturated carbocycles. The molecule has 0 bridgehead atoms. The average molecular weight is 296 g/mol. The Morgan fingerprint density at radius 2 is 1.95 bits per heavy atom. The third-order valence-corrected chi connectivity index (χ3v) is 4.08. The van der Waals surface area contributed by atoms with Gasteiger partial charge in [0.2, 0.25) is 5.82 Å². The van der Waals surface area contributed by atoms with Gasteiger partial charge in [-0.25, -0.2) is 0 Å². The third kappa shape index (κ3) is 2.90. The van der Waals surface area contributed by atoms with Crippen molar-refractivity contribution in [3.63, 3.8) is 0 Å². The summed E-state index contributed by atoms with van der Waals surface area (Å²) in [6, 6.07) is 4.30. The van der Waals surface area contributed by atoms with E-state index in [1.54, 1.807) is 6.07 Å². The van der Waals surface area contributed by atoms with Crippen LogP contribution in [0.1, 0.15) is 18.4 Å². The number of likely N-dealkylation sites (tertiary alicyclic amines) is 1. The molecule has 1 aromatic rings. The molecule has 0 atom stereocenters. The van der Waals surface area contributed by atoms with Crippen molar-refractivity contribution in [2.75, 3.05) is 26.3 Å². The van der Waals surface area contributed by atoms with E-state index in [1.807, 2.05) is 0 Å². The minimum absolute atomic E-state index is 0.355. The SMILES string of the molecule is O=[N+]([O-])c1cccc(CN2CCC3(CC2)OCCO3)c1F. The van der Waals surface area contributed by atoms with Crippen molar-refractivity contribution in [3.8, 4) is 0 Å². The van der Waals surface area contributed by atoms with Gasteiger partial charge in [-0.15, -0.1) is 0 Å². The third-order valence-electron chi connectivity index (χ3n) is 4.08. The Bertz CT molecular complexity index is 536. The lowest BCUT2D eigenvalue weighted by Gasteiger charge is -2.37. The molecule has 0 aromatic heterocycles. The molecule has 21 heavy (non-hydrogen) atoms. The van der Waals surface area contributed by atoms with Crippen LogP contribution in [0.5, 0.6) is 0 Å². The first-order valence-electron chi connectivity index (χ1n) is 7.02. The predicted octanol–water partition coefficient (Wildman–Crippen LogP) is 2.07. The quantitative estimate of drug-likeness (QED) is 0.631. The molecule has 2 aliphatic rings. The van der Waals surface area contributed by atoms with E-state index in [2.05, 4.69) is 4.90 Å². The van der Waals surface area contributed by atoms with Gasteiger partial charge in [0, 0.05) is 44.1 Å². The van der Waals surface area contributed by atoms with E-state index in [-0.39, 0.29) is 0 Å². The Kier molecular flexibility index (Phi) is 3.88. The molecule has 2 fully saturated rings. The number of ether oxygens (including phenoxy) is 2. The van der Waals surface area contributed by atoms with Gasteiger partial charge in [0.15, 0.2) is 5.79 Å². The summed E-state index contributed by atoms with van der Waals surface area (Å²) in [5.74, 6) is -1.20. The summed E-state index contributed by atoms with van der Waals surface area (Å²) in [5.41, 5.74) is -0.114. The first-order chi connectivity index (χ1) is 10.1. The highest BCUT2D eigenvalue weighted by Gasteiger charge is 2.39. The fourth-order valence-electron chi connectivity index (χ4n) is 2.91. The standard InChI is InChI=1S/C14H17FN2O4/c15-13-11(2-1-3-12(13)17(18)19)10-16-6-4-14(5-7-16)20-8-9-21-14/h1-3H,4-10H2. The Morgan fingerprint density at radius 3 is 2.57 bits per heavy atom. The summed E-state index contributed by atoms with van der Waals surface area (Å²) < 4.78 is 25.3. The zero-order valence-corrected chi connectivity index (χ0v) is 11.6. The van der Waals surface area contributed by atoms with Crippen molar-refractivity contribution >= 4 is 5.69 Å². The van der Waals surface area contributed by atoms with E-state index in [4.69, 9.17) is 9.47 Å². The smallest absolute Gasteiger partial charge is 0.305 e. The largest absolute Gasteiger partial charge is 0.347 e. The molecule has 6 nitrogen and oxygen atoms in total. The lowest BCUT2D eigenvalue weighted by Crippen LogP contribution is -2.44. The number of hydrogen-bond donors (Lipinski definition) is 0. The Labute approximate surface area is 121 Å². The molecule has 0 aliphatic carbocycles. The summed E-state index contributed by atoms with van der Waals surface area (Å²) in [6.07, 6.45) is 1.48. The molecular formula is C14H17FN2O4. The maximum atomic E-state index is 14.1. The topological polar surface area (TPSA) is 64.8 Å². The van der Waals surface area contributed by atoms with Crippen molar-refractivity contribution in [3.05, 3.63) is 39.7 Å². The summed E-state index contributed by atoms with van der Waals surface area (Å²) in [4.78, 5) is 12.1. The zero-order chi connectivity index (χ0) is 14.9. The summed E-state index contributed by atoms with van der Waals surface area (Å²) in [7, 11) is 0. The zero-order valence-electron chi connectivity index (χ0n) is 11.6. The number of halogens is 1. The van der Waals surface area contributed by atoms with Crippen LogP contribution in [0.4, 0.5) is 10.1 Å². The summed E-state index contributed by atoms with van der Waals surface area (Å²) in [5, 5.41) is 10.8. The lowest BCUT2D eigenvalue weighted by molar-refractivity contribution is -0.387. The van der Waals surface area contributed by atoms with Crippen LogP contribution in [0.15, 0.2) is 18.2 Å². The molecule has 0 N–H and O–H groups in total. The van der Waals surface area contributed by atoms with Crippen molar-refractivity contribution in [2.45, 2.75) is 25.2 Å². The molecule has 1 spiro atoms. The van der Waals surface area contributed by atoms with Crippen LogP contribution in [0, 0.1) is 15.9 Å². The van der Waals surface area contributed by atoms with E-state index in [9.17, 15) is 14.5 Å². The van der Waals surface area contributed by atoms with Crippen molar-refractivity contribution in [1.29, 1.82) is 0 Å². The predicted molar refractivity (Wildman–Crippen MR) is 72.2 cm³/mol. The van der Waals surface area contributed by atoms with Gasteiger partial charge >= 0.3 is 5.69 Å². The van der Waals surface area contributed by atoms with Crippen LogP contribution in [-0.4, -0.2) is 41.9 Å². The minimum atomic E-state index is -0.740. The Balaban J connectivity index is 1.65. The van der Waals surface area contributed by atoms with Crippen LogP contribution in [-0.2, 0) is 16.0 Å². The second-order valence-electron chi connectivity index (χ2n) is 5.39. The van der Waals surface area contributed by atoms with E-state index in [0.717, 1.165) is 25.9 Å². The number of nitro benzene ring substituents is 1. The van der Waals surface area contributed by atoms with Crippen LogP contribution in [0.2, 0.25) is 0 Å². The van der Waals surface area contributed by atoms with Gasteiger partial charge < -0.3 is 9.47 Å². The number of rotatable bonds is 3. The van der Waals surface area contributed by atoms with Gasteiger partial charge in [-0.1, -0.05) is 12.1 Å². The Hall–Kier alpha value is -1.57. The van der Waals surface area contributed by atoms with E-state index in [1.165, 1.54) is 12.1 Å². The van der Waals surface area contributed by atoms with E-state index >= 15 is 0 Å². The van der Waals surface area contributed by atoms with Gasteiger partial charge in [0.1, 0.15) is 0 Å². The molecule has 7 heteroatoms. The highest BCUT2D eigenvalue weighted by Crippen LogP contribution is 2.32. The van der Waals surface area contributed by atoms with E-state index in [0.29, 0.717) is 25.3 Å². The molecule has 2 aliphatic heterocycles. The second-order valence-corrected chi connectivity index (χ2v) is 5.39. The normalized spacial score (nSPS) is 21.8. The molecule has 0 unspecified atom stereocenters. The molecule has 2 heterocycles. The number of nitrogens with zero attached hydrogens (tertiary/aromatic N) is 2. The van der Waals surface area contributed by atoms with Gasteiger partial charge in [-0.3, -0.25) is 15.0 Å². The molecule has 2 saturated heterocycles. The number of benzene rings is 1. The number of piperidine rings is 1. The van der Waals surface area contributed by atoms with Crippen molar-refractivity contribution in [1.82, 2.24) is 4.90 Å². The first kappa shape index (κ1) is 14.4. The van der Waals surface area contributed by atoms with Gasteiger partial charge in [0.25, 0.3) is 0 Å². The molecule has 114 valence electrons. The van der Waals surface area contributed by atoms with E-state index < -0.39 is 22.2 Å². The number of hydrogen-bond acceptors (Lipinski definition) is 5. The number of nitro groups is 1. The fraction of sp³-hybridized carbons (Fsp3) is 0.571. The van der Waals surface area contributed by atoms with Gasteiger partial charge in [-0.2, -0.15) is 4.39 Å². The summed E-state index contributed by atoms with van der Waals surface area (Å²) in [6.45, 7) is 3.06. The van der Waals surface area contributed by atoms with Crippen LogP contribution in [0.3, 0.4) is 0 Å². The minimum Gasteiger partial charge on any atom is -0.347 e. The second kappa shape index (κ2) is 5.67. The van der Waals surface area contributed by atoms with Crippen molar-refractivity contribution < 1.29 is 18.8 Å². The van der Waals surface area contributed by atoms with Crippen LogP contribution >= 0.6 is 0 Å². The van der Waals surface area contributed by atoms with Gasteiger partial charge in [-0.05, 0) is 0 Å². The Morgan fingerprint density at radius 1 is 1.29 bits per heavy atom. The average Bonchev–Trinajstić information content (AvgIpc) is 2.92. The maximum Gasteiger partial charge on any atom is 0.305 e. The molecule has 3 rings (SSSR count). The maximum absolute atomic E-state index is 14.1. The van der Waals surface area contributed by atoms with Crippen molar-refractivity contribution in [2.24, 2.45) is 0 Å². The summed E-state index contributed by atoms with van der Waals surface area (Å²) >= 11 is 0. The molecular weight excluding hydrogens is 279 g/mol. The monoisotopic (exact) mass is 296 g/mol. The highest BCUT2D eigenvalue weighted by molar-refractivity contribution is 5.36. The highest BCUT2D eigenvalue weighted by atomic mass is 19.1. The van der Waals surface area contributed by atoms with Crippen LogP contribution in [0.25, 0.3) is 0 Å². The first-order valence-corrected chi connectivity index (χ1v) is 7.02. The molecule has 1 aromatic carbocycles. The molecule has 0 amide bonds. The fourth-order valence-corrected chi connectivity index (χ4v) is 2.91. The van der Waals surface area contributed by atoms with Crippen LogP contribution < -0.4 is 0 Å². The molecule has 0 radical (unpaired) electrons. The lowest BCUT2D eigenvalue weighted by atomic mass is 10.0. The van der Waals surface area contributed by atoms with Gasteiger partial charge in [0.05, 0.1) is 18.1 Å².